The highest BCUT2D eigenvalue weighted by molar-refractivity contribution is 7.92. The Morgan fingerprint density at radius 3 is 2.25 bits per heavy atom. The number of benzene rings is 2. The molecule has 0 saturated heterocycles. The van der Waals surface area contributed by atoms with Gasteiger partial charge < -0.3 is 10.6 Å². The molecule has 0 saturated carbocycles. The van der Waals surface area contributed by atoms with Crippen LogP contribution in [0.25, 0.3) is 0 Å². The number of nitrogens with one attached hydrogen (secondary N) is 3. The quantitative estimate of drug-likeness (QED) is 0.642. The molecule has 0 aliphatic rings. The van der Waals surface area contributed by atoms with Gasteiger partial charge in [0, 0.05) is 11.3 Å². The number of hydrogen-bond acceptors (Lipinski definition) is 4. The molecule has 7 nitrogen and oxygen atoms in total. The maximum atomic E-state index is 12.3. The van der Waals surface area contributed by atoms with Gasteiger partial charge in [0.15, 0.2) is 0 Å². The number of anilines is 1. The van der Waals surface area contributed by atoms with Gasteiger partial charge in [-0.05, 0) is 30.3 Å². The van der Waals surface area contributed by atoms with Crippen LogP contribution in [0.4, 0.5) is 18.9 Å². The number of halogens is 3. The zero-order chi connectivity index (χ0) is 20.8. The molecule has 0 fully saturated rings. The molecule has 0 bridgehead atoms. The van der Waals surface area contributed by atoms with E-state index in [0.29, 0.717) is 0 Å². The van der Waals surface area contributed by atoms with Gasteiger partial charge in [0.2, 0.25) is 5.91 Å². The van der Waals surface area contributed by atoms with Crippen LogP contribution < -0.4 is 15.4 Å². The monoisotopic (exact) mass is 415 g/mol. The van der Waals surface area contributed by atoms with E-state index >= 15 is 0 Å². The third-order valence-electron chi connectivity index (χ3n) is 3.33. The van der Waals surface area contributed by atoms with Crippen LogP contribution in [0, 0.1) is 0 Å². The third-order valence-corrected chi connectivity index (χ3v) is 4.72. The molecule has 11 heteroatoms. The lowest BCUT2D eigenvalue weighted by Gasteiger charge is -2.11. The minimum atomic E-state index is -4.55. The predicted molar refractivity (Wildman–Crippen MR) is 95.1 cm³/mol. The minimum Gasteiger partial charge on any atom is -0.345 e. The molecule has 0 radical (unpaired) electrons. The maximum absolute atomic E-state index is 12.3. The molecule has 2 aromatic rings. The zero-order valence-electron chi connectivity index (χ0n) is 14.3. The van der Waals surface area contributed by atoms with E-state index in [-0.39, 0.29) is 16.1 Å². The number of carbonyl (C=O) groups excluding carboxylic acids is 2. The average molecular weight is 415 g/mol. The lowest BCUT2D eigenvalue weighted by Crippen LogP contribution is -2.40. The highest BCUT2D eigenvalue weighted by Crippen LogP contribution is 2.17. The summed E-state index contributed by atoms with van der Waals surface area (Å²) in [4.78, 5) is 23.4. The van der Waals surface area contributed by atoms with Crippen LogP contribution in [0.15, 0.2) is 59.5 Å². The second kappa shape index (κ2) is 8.74. The second-order valence-corrected chi connectivity index (χ2v) is 7.26. The lowest BCUT2D eigenvalue weighted by molar-refractivity contribution is -0.137. The first-order chi connectivity index (χ1) is 13.1. The van der Waals surface area contributed by atoms with Gasteiger partial charge in [-0.25, -0.2) is 8.42 Å². The molecule has 0 atom stereocenters. The number of carbonyl (C=O) groups is 2. The van der Waals surface area contributed by atoms with Crippen LogP contribution in [0.1, 0.15) is 10.4 Å². The number of sulfonamides is 1. The Kier molecular flexibility index (Phi) is 6.62. The van der Waals surface area contributed by atoms with Crippen molar-refractivity contribution in [2.45, 2.75) is 11.1 Å². The summed E-state index contributed by atoms with van der Waals surface area (Å²) in [5.41, 5.74) is 0.134. The number of amides is 2. The van der Waals surface area contributed by atoms with Crippen LogP contribution in [0.2, 0.25) is 0 Å². The molecule has 0 aliphatic heterocycles. The normalized spacial score (nSPS) is 11.5. The smallest absolute Gasteiger partial charge is 0.345 e. The minimum absolute atomic E-state index is 0.0249. The fraction of sp³-hybridized carbons (Fsp3) is 0.176. The van der Waals surface area contributed by atoms with Gasteiger partial charge >= 0.3 is 6.18 Å². The van der Waals surface area contributed by atoms with Gasteiger partial charge in [-0.2, -0.15) is 13.2 Å². The van der Waals surface area contributed by atoms with Crippen molar-refractivity contribution in [1.82, 2.24) is 10.6 Å². The van der Waals surface area contributed by atoms with Gasteiger partial charge in [-0.1, -0.05) is 24.3 Å². The fourth-order valence-corrected chi connectivity index (χ4v) is 3.13. The molecule has 2 aromatic carbocycles. The summed E-state index contributed by atoms with van der Waals surface area (Å²) in [6.45, 7) is -2.16. The molecule has 2 rings (SSSR count). The Bertz CT molecular complexity index is 948. The molecule has 28 heavy (non-hydrogen) atoms. The summed E-state index contributed by atoms with van der Waals surface area (Å²) >= 11 is 0. The van der Waals surface area contributed by atoms with Gasteiger partial charge in [0.25, 0.3) is 15.9 Å². The summed E-state index contributed by atoms with van der Waals surface area (Å²) in [6.07, 6.45) is -4.55. The van der Waals surface area contributed by atoms with E-state index in [1.807, 2.05) is 0 Å². The van der Waals surface area contributed by atoms with Crippen molar-refractivity contribution in [3.63, 3.8) is 0 Å². The predicted octanol–water partition coefficient (Wildman–Crippen LogP) is 1.90. The Morgan fingerprint density at radius 2 is 1.61 bits per heavy atom. The van der Waals surface area contributed by atoms with E-state index in [9.17, 15) is 31.2 Å². The fourth-order valence-electron chi connectivity index (χ4n) is 2.06. The van der Waals surface area contributed by atoms with E-state index < -0.39 is 41.1 Å². The lowest BCUT2D eigenvalue weighted by atomic mass is 10.2. The molecule has 150 valence electrons. The molecular weight excluding hydrogens is 399 g/mol. The second-order valence-electron chi connectivity index (χ2n) is 5.57. The highest BCUT2D eigenvalue weighted by Gasteiger charge is 2.27. The summed E-state index contributed by atoms with van der Waals surface area (Å²) in [5.74, 6) is -1.76. The van der Waals surface area contributed by atoms with Crippen molar-refractivity contribution in [2.75, 3.05) is 17.8 Å². The Labute approximate surface area is 159 Å². The average Bonchev–Trinajstić information content (AvgIpc) is 2.64. The van der Waals surface area contributed by atoms with E-state index in [2.05, 4.69) is 10.0 Å². The summed E-state index contributed by atoms with van der Waals surface area (Å²) in [7, 11) is -3.86. The number of hydrogen-bond donors (Lipinski definition) is 3. The number of alkyl halides is 3. The van der Waals surface area contributed by atoms with Crippen molar-refractivity contribution in [1.29, 1.82) is 0 Å². The first kappa shape index (κ1) is 21.2. The molecule has 0 unspecified atom stereocenters. The zero-order valence-corrected chi connectivity index (χ0v) is 15.1. The van der Waals surface area contributed by atoms with E-state index in [1.165, 1.54) is 36.4 Å². The Balaban J connectivity index is 1.99. The van der Waals surface area contributed by atoms with Crippen molar-refractivity contribution in [3.05, 3.63) is 60.2 Å². The largest absolute Gasteiger partial charge is 0.405 e. The maximum Gasteiger partial charge on any atom is 0.405 e. The molecule has 0 heterocycles. The Morgan fingerprint density at radius 1 is 0.929 bits per heavy atom. The van der Waals surface area contributed by atoms with Crippen LogP contribution in [0.5, 0.6) is 0 Å². The topological polar surface area (TPSA) is 104 Å². The highest BCUT2D eigenvalue weighted by atomic mass is 32.2. The van der Waals surface area contributed by atoms with Crippen molar-refractivity contribution >= 4 is 27.5 Å². The standard InChI is InChI=1S/C17H16F3N3O4S/c18-17(19,20)11-22-15(24)10-21-16(25)12-5-4-6-13(9-12)23-28(26,27)14-7-2-1-3-8-14/h1-9,23H,10-11H2,(H,21,25)(H,22,24). The van der Waals surface area contributed by atoms with Gasteiger partial charge in [0.05, 0.1) is 11.4 Å². The third kappa shape index (κ3) is 6.58. The van der Waals surface area contributed by atoms with Crippen LogP contribution >= 0.6 is 0 Å². The SMILES string of the molecule is O=C(CNC(=O)c1cccc(NS(=O)(=O)c2ccccc2)c1)NCC(F)(F)F. The summed E-state index contributed by atoms with van der Waals surface area (Å²) in [6, 6.07) is 13.0. The van der Waals surface area contributed by atoms with E-state index in [0.717, 1.165) is 0 Å². The van der Waals surface area contributed by atoms with Crippen molar-refractivity contribution in [3.8, 4) is 0 Å². The number of rotatable bonds is 7. The van der Waals surface area contributed by atoms with E-state index in [1.54, 1.807) is 23.5 Å². The van der Waals surface area contributed by atoms with Gasteiger partial charge in [-0.15, -0.1) is 0 Å². The van der Waals surface area contributed by atoms with Crippen LogP contribution in [-0.2, 0) is 14.8 Å². The summed E-state index contributed by atoms with van der Waals surface area (Å²) < 4.78 is 63.0. The first-order valence-electron chi connectivity index (χ1n) is 7.86. The molecular formula is C17H16F3N3O4S. The van der Waals surface area contributed by atoms with Gasteiger partial charge in [-0.3, -0.25) is 14.3 Å². The van der Waals surface area contributed by atoms with Crippen LogP contribution in [-0.4, -0.2) is 39.5 Å². The van der Waals surface area contributed by atoms with Gasteiger partial charge in [0.1, 0.15) is 6.54 Å². The van der Waals surface area contributed by atoms with E-state index in [4.69, 9.17) is 0 Å². The molecule has 2 amide bonds. The molecule has 3 N–H and O–H groups in total. The molecule has 0 aromatic heterocycles. The first-order valence-corrected chi connectivity index (χ1v) is 9.35. The Hall–Kier alpha value is -3.08. The van der Waals surface area contributed by atoms with Crippen molar-refractivity contribution in [2.24, 2.45) is 0 Å². The summed E-state index contributed by atoms with van der Waals surface area (Å²) in [5, 5.41) is 3.78. The van der Waals surface area contributed by atoms with Crippen LogP contribution in [0.3, 0.4) is 0 Å². The molecule has 0 aliphatic carbocycles. The van der Waals surface area contributed by atoms with Crippen molar-refractivity contribution < 1.29 is 31.2 Å². The molecule has 0 spiro atoms.